The van der Waals surface area contributed by atoms with Crippen molar-refractivity contribution in [3.8, 4) is 5.75 Å². The Morgan fingerprint density at radius 2 is 2.00 bits per heavy atom. The van der Waals surface area contributed by atoms with E-state index in [1.54, 1.807) is 19.1 Å². The number of halogens is 1. The molecule has 0 atom stereocenters. The van der Waals surface area contributed by atoms with Crippen molar-refractivity contribution in [2.45, 2.75) is 6.92 Å². The van der Waals surface area contributed by atoms with Crippen molar-refractivity contribution in [3.63, 3.8) is 0 Å². The lowest BCUT2D eigenvalue weighted by Crippen LogP contribution is -2.15. The van der Waals surface area contributed by atoms with Crippen LogP contribution in [0.25, 0.3) is 0 Å². The van der Waals surface area contributed by atoms with Gasteiger partial charge in [0, 0.05) is 16.8 Å². The first-order chi connectivity index (χ1) is 9.88. The number of nitrogens with two attached hydrogens (primary N) is 1. The molecule has 21 heavy (non-hydrogen) atoms. The van der Waals surface area contributed by atoms with Gasteiger partial charge in [0.1, 0.15) is 16.6 Å². The lowest BCUT2D eigenvalue weighted by atomic mass is 10.1. The third-order valence-corrected chi connectivity index (χ3v) is 3.18. The lowest BCUT2D eigenvalue weighted by molar-refractivity contribution is 0.102. The Morgan fingerprint density at radius 3 is 2.62 bits per heavy atom. The molecule has 4 N–H and O–H groups in total. The van der Waals surface area contributed by atoms with Crippen LogP contribution in [0.15, 0.2) is 36.4 Å². The SMILES string of the molecule is Cc1ccc(C(=O)Nc2ccc(F)c(C(N)=S)c2)cc1O. The second-order valence-corrected chi connectivity index (χ2v) is 4.95. The molecule has 2 rings (SSSR count). The van der Waals surface area contributed by atoms with Crippen molar-refractivity contribution in [1.29, 1.82) is 0 Å². The van der Waals surface area contributed by atoms with E-state index in [1.807, 2.05) is 0 Å². The zero-order valence-corrected chi connectivity index (χ0v) is 12.0. The van der Waals surface area contributed by atoms with Crippen molar-refractivity contribution >= 4 is 28.8 Å². The highest BCUT2D eigenvalue weighted by molar-refractivity contribution is 7.80. The number of thiocarbonyl (C=S) groups is 1. The molecule has 0 fully saturated rings. The van der Waals surface area contributed by atoms with E-state index in [0.717, 1.165) is 0 Å². The molecule has 0 saturated carbocycles. The number of amides is 1. The molecule has 0 heterocycles. The second kappa shape index (κ2) is 5.88. The summed E-state index contributed by atoms with van der Waals surface area (Å²) in [6, 6.07) is 8.53. The summed E-state index contributed by atoms with van der Waals surface area (Å²) >= 11 is 4.74. The minimum Gasteiger partial charge on any atom is -0.508 e. The molecule has 0 radical (unpaired) electrons. The maximum Gasteiger partial charge on any atom is 0.255 e. The van der Waals surface area contributed by atoms with Crippen LogP contribution in [-0.4, -0.2) is 16.0 Å². The fourth-order valence-corrected chi connectivity index (χ4v) is 1.90. The van der Waals surface area contributed by atoms with Crippen LogP contribution in [0.2, 0.25) is 0 Å². The number of anilines is 1. The van der Waals surface area contributed by atoms with Gasteiger partial charge in [-0.1, -0.05) is 18.3 Å². The maximum atomic E-state index is 13.5. The molecule has 0 unspecified atom stereocenters. The van der Waals surface area contributed by atoms with E-state index in [1.165, 1.54) is 24.3 Å². The maximum absolute atomic E-state index is 13.5. The normalized spacial score (nSPS) is 10.2. The molecule has 2 aromatic carbocycles. The highest BCUT2D eigenvalue weighted by atomic mass is 32.1. The highest BCUT2D eigenvalue weighted by Crippen LogP contribution is 2.19. The van der Waals surface area contributed by atoms with Crippen LogP contribution in [0.4, 0.5) is 10.1 Å². The highest BCUT2D eigenvalue weighted by Gasteiger charge is 2.11. The molecule has 0 aliphatic rings. The number of rotatable bonds is 3. The molecule has 4 nitrogen and oxygen atoms in total. The molecule has 0 aromatic heterocycles. The van der Waals surface area contributed by atoms with Gasteiger partial charge < -0.3 is 16.2 Å². The van der Waals surface area contributed by atoms with E-state index in [2.05, 4.69) is 5.32 Å². The van der Waals surface area contributed by atoms with Crippen LogP contribution in [0.1, 0.15) is 21.5 Å². The van der Waals surface area contributed by atoms with Crippen LogP contribution in [0, 0.1) is 12.7 Å². The summed E-state index contributed by atoms with van der Waals surface area (Å²) in [5, 5.41) is 12.2. The molecule has 2 aromatic rings. The monoisotopic (exact) mass is 304 g/mol. The van der Waals surface area contributed by atoms with E-state index in [9.17, 15) is 14.3 Å². The minimum atomic E-state index is -0.548. The third-order valence-electron chi connectivity index (χ3n) is 2.96. The van der Waals surface area contributed by atoms with Crippen molar-refractivity contribution in [2.75, 3.05) is 5.32 Å². The average Bonchev–Trinajstić information content (AvgIpc) is 2.43. The summed E-state index contributed by atoms with van der Waals surface area (Å²) in [7, 11) is 0. The van der Waals surface area contributed by atoms with Gasteiger partial charge in [0.05, 0.1) is 0 Å². The number of hydrogen-bond acceptors (Lipinski definition) is 3. The second-order valence-electron chi connectivity index (χ2n) is 4.51. The van der Waals surface area contributed by atoms with Crippen LogP contribution in [0.3, 0.4) is 0 Å². The number of aromatic hydroxyl groups is 1. The number of carbonyl (C=O) groups is 1. The van der Waals surface area contributed by atoms with Crippen molar-refractivity contribution < 1.29 is 14.3 Å². The molecule has 0 aliphatic carbocycles. The zero-order valence-electron chi connectivity index (χ0n) is 11.2. The first-order valence-electron chi connectivity index (χ1n) is 6.09. The van der Waals surface area contributed by atoms with Gasteiger partial charge in [-0.3, -0.25) is 4.79 Å². The van der Waals surface area contributed by atoms with Crippen molar-refractivity contribution in [1.82, 2.24) is 0 Å². The summed E-state index contributed by atoms with van der Waals surface area (Å²) < 4.78 is 13.5. The molecule has 0 spiro atoms. The zero-order chi connectivity index (χ0) is 15.6. The van der Waals surface area contributed by atoms with Crippen LogP contribution < -0.4 is 11.1 Å². The van der Waals surface area contributed by atoms with Gasteiger partial charge in [-0.05, 0) is 42.8 Å². The molecule has 108 valence electrons. The largest absolute Gasteiger partial charge is 0.508 e. The average molecular weight is 304 g/mol. The number of benzene rings is 2. The predicted octanol–water partition coefficient (Wildman–Crippen LogP) is 2.73. The number of hydrogen-bond donors (Lipinski definition) is 3. The summed E-state index contributed by atoms with van der Waals surface area (Å²) in [5.41, 5.74) is 6.80. The molecule has 1 amide bonds. The first-order valence-corrected chi connectivity index (χ1v) is 6.49. The van der Waals surface area contributed by atoms with Gasteiger partial charge in [-0.15, -0.1) is 0 Å². The summed E-state index contributed by atoms with van der Waals surface area (Å²) in [6.07, 6.45) is 0. The first kappa shape index (κ1) is 14.9. The van der Waals surface area contributed by atoms with E-state index in [-0.39, 0.29) is 16.3 Å². The van der Waals surface area contributed by atoms with Gasteiger partial charge in [-0.2, -0.15) is 0 Å². The fraction of sp³-hybridized carbons (Fsp3) is 0.0667. The molecule has 0 bridgehead atoms. The number of phenolic OH excluding ortho intramolecular Hbond substituents is 1. The van der Waals surface area contributed by atoms with Crippen LogP contribution in [0.5, 0.6) is 5.75 Å². The van der Waals surface area contributed by atoms with Gasteiger partial charge in [0.25, 0.3) is 5.91 Å². The van der Waals surface area contributed by atoms with E-state index in [0.29, 0.717) is 16.8 Å². The van der Waals surface area contributed by atoms with Gasteiger partial charge in [-0.25, -0.2) is 4.39 Å². The Hall–Kier alpha value is -2.47. The topological polar surface area (TPSA) is 75.4 Å². The Bertz CT molecular complexity index is 732. The number of carbonyl (C=O) groups excluding carboxylic acids is 1. The Balaban J connectivity index is 2.25. The molecule has 0 aliphatic heterocycles. The Morgan fingerprint density at radius 1 is 1.29 bits per heavy atom. The molecule has 0 saturated heterocycles. The fourth-order valence-electron chi connectivity index (χ4n) is 1.75. The van der Waals surface area contributed by atoms with Crippen molar-refractivity contribution in [3.05, 3.63) is 58.9 Å². The Labute approximate surface area is 126 Å². The smallest absolute Gasteiger partial charge is 0.255 e. The quantitative estimate of drug-likeness (QED) is 0.762. The molecular weight excluding hydrogens is 291 g/mol. The summed E-state index contributed by atoms with van der Waals surface area (Å²) in [6.45, 7) is 1.73. The number of phenols is 1. The predicted molar refractivity (Wildman–Crippen MR) is 83.1 cm³/mol. The van der Waals surface area contributed by atoms with E-state index in [4.69, 9.17) is 18.0 Å². The number of aryl methyl sites for hydroxylation is 1. The lowest BCUT2D eigenvalue weighted by Gasteiger charge is -2.08. The molecule has 6 heteroatoms. The molecular formula is C15H13FN2O2S. The standard InChI is InChI=1S/C15H13FN2O2S/c1-8-2-3-9(6-13(8)19)15(20)18-10-4-5-12(16)11(7-10)14(17)21/h2-7,19H,1H3,(H2,17,21)(H,18,20). The third kappa shape index (κ3) is 3.35. The number of nitrogens with one attached hydrogen (secondary N) is 1. The summed E-state index contributed by atoms with van der Waals surface area (Å²) in [5.74, 6) is -0.940. The van der Waals surface area contributed by atoms with Gasteiger partial charge in [0.15, 0.2) is 0 Å². The Kier molecular flexibility index (Phi) is 4.18. The van der Waals surface area contributed by atoms with Crippen LogP contribution in [-0.2, 0) is 0 Å². The minimum absolute atomic E-state index is 0.0329. The van der Waals surface area contributed by atoms with E-state index < -0.39 is 11.7 Å². The van der Waals surface area contributed by atoms with Crippen molar-refractivity contribution in [2.24, 2.45) is 5.73 Å². The summed E-state index contributed by atoms with van der Waals surface area (Å²) in [4.78, 5) is 12.0. The van der Waals surface area contributed by atoms with Gasteiger partial charge in [0.2, 0.25) is 0 Å². The van der Waals surface area contributed by atoms with E-state index >= 15 is 0 Å². The van der Waals surface area contributed by atoms with Crippen LogP contribution >= 0.6 is 12.2 Å². The van der Waals surface area contributed by atoms with Gasteiger partial charge >= 0.3 is 0 Å².